The Morgan fingerprint density at radius 2 is 2.18 bits per heavy atom. The van der Waals surface area contributed by atoms with Crippen molar-refractivity contribution >= 4 is 32.9 Å². The third-order valence-corrected chi connectivity index (χ3v) is 5.29. The highest BCUT2D eigenvalue weighted by molar-refractivity contribution is 9.09. The Morgan fingerprint density at radius 1 is 1.41 bits per heavy atom. The molecule has 0 bridgehead atoms. The van der Waals surface area contributed by atoms with Gasteiger partial charge in [0.2, 0.25) is 0 Å². The van der Waals surface area contributed by atoms with Crippen molar-refractivity contribution in [2.45, 2.75) is 11.7 Å². The van der Waals surface area contributed by atoms with Gasteiger partial charge in [0, 0.05) is 24.2 Å². The zero-order chi connectivity index (χ0) is 12.1. The van der Waals surface area contributed by atoms with E-state index >= 15 is 0 Å². The van der Waals surface area contributed by atoms with Crippen molar-refractivity contribution < 1.29 is 0 Å². The van der Waals surface area contributed by atoms with Gasteiger partial charge in [0.05, 0.1) is 6.54 Å². The van der Waals surface area contributed by atoms with Crippen molar-refractivity contribution in [1.29, 1.82) is 0 Å². The molecule has 1 aliphatic heterocycles. The second-order valence-corrected chi connectivity index (χ2v) is 6.09. The van der Waals surface area contributed by atoms with Crippen LogP contribution < -0.4 is 0 Å². The predicted octanol–water partition coefficient (Wildman–Crippen LogP) is 3.03. The van der Waals surface area contributed by atoms with Gasteiger partial charge in [-0.05, 0) is 12.0 Å². The number of thioether (sulfide) groups is 1. The number of likely N-dealkylation sites (N-methyl/N-ethyl adjacent to an activating group) is 1. The molecule has 0 spiro atoms. The summed E-state index contributed by atoms with van der Waals surface area (Å²) in [7, 11) is 2.13. The van der Waals surface area contributed by atoms with E-state index in [2.05, 4.69) is 63.2 Å². The highest BCUT2D eigenvalue weighted by Crippen LogP contribution is 2.24. The van der Waals surface area contributed by atoms with Crippen LogP contribution in [0.5, 0.6) is 0 Å². The van der Waals surface area contributed by atoms with E-state index in [0.29, 0.717) is 5.25 Å². The van der Waals surface area contributed by atoms with Gasteiger partial charge in [0.1, 0.15) is 0 Å². The summed E-state index contributed by atoms with van der Waals surface area (Å²) in [4.78, 5) is 6.84. The van der Waals surface area contributed by atoms with E-state index in [1.807, 2.05) is 11.8 Å². The summed E-state index contributed by atoms with van der Waals surface area (Å²) < 4.78 is 0. The minimum Gasteiger partial charge on any atom is -0.354 e. The molecule has 0 saturated heterocycles. The van der Waals surface area contributed by atoms with Crippen LogP contribution in [0.1, 0.15) is 5.56 Å². The number of alkyl halides is 1. The van der Waals surface area contributed by atoms with Crippen LogP contribution >= 0.6 is 27.7 Å². The van der Waals surface area contributed by atoms with Gasteiger partial charge in [0.15, 0.2) is 5.17 Å². The molecule has 0 N–H and O–H groups in total. The van der Waals surface area contributed by atoms with Crippen LogP contribution in [0.2, 0.25) is 0 Å². The molecule has 1 aromatic carbocycles. The molecule has 92 valence electrons. The Labute approximate surface area is 116 Å². The molecular formula is C13H17BrN2S. The Morgan fingerprint density at radius 3 is 2.82 bits per heavy atom. The molecule has 17 heavy (non-hydrogen) atoms. The van der Waals surface area contributed by atoms with Crippen molar-refractivity contribution in [3.63, 3.8) is 0 Å². The highest BCUT2D eigenvalue weighted by Gasteiger charge is 2.20. The second-order valence-electron chi connectivity index (χ2n) is 4.17. The summed E-state index contributed by atoms with van der Waals surface area (Å²) >= 11 is 5.40. The van der Waals surface area contributed by atoms with Crippen LogP contribution in [0, 0.1) is 0 Å². The van der Waals surface area contributed by atoms with E-state index in [1.54, 1.807) is 0 Å². The predicted molar refractivity (Wildman–Crippen MR) is 80.3 cm³/mol. The number of nitrogens with zero attached hydrogens (tertiary/aromatic N) is 2. The highest BCUT2D eigenvalue weighted by atomic mass is 79.9. The van der Waals surface area contributed by atoms with E-state index in [9.17, 15) is 0 Å². The van der Waals surface area contributed by atoms with Crippen LogP contribution in [0.4, 0.5) is 0 Å². The molecule has 4 heteroatoms. The molecule has 1 aromatic rings. The van der Waals surface area contributed by atoms with Crippen molar-refractivity contribution in [2.75, 3.05) is 25.5 Å². The maximum Gasteiger partial charge on any atom is 0.159 e. The van der Waals surface area contributed by atoms with E-state index in [0.717, 1.165) is 24.8 Å². The first kappa shape index (κ1) is 13.0. The molecule has 2 nitrogen and oxygen atoms in total. The largest absolute Gasteiger partial charge is 0.354 e. The minimum atomic E-state index is 0.615. The van der Waals surface area contributed by atoms with Gasteiger partial charge in [-0.3, -0.25) is 4.99 Å². The molecule has 0 fully saturated rings. The quantitative estimate of drug-likeness (QED) is 0.794. The molecule has 0 aromatic heterocycles. The Bertz CT molecular complexity index is 380. The van der Waals surface area contributed by atoms with Gasteiger partial charge in [-0.1, -0.05) is 58.0 Å². The number of amidine groups is 1. The standard InChI is InChI=1S/C13H17BrN2S/c1-16(13-15-10-12(9-14)17-13)8-7-11-5-3-2-4-6-11/h2-6,12H,7-10H2,1H3. The van der Waals surface area contributed by atoms with Crippen LogP contribution in [0.25, 0.3) is 0 Å². The molecule has 0 aliphatic carbocycles. The lowest BCUT2D eigenvalue weighted by Gasteiger charge is -2.18. The maximum atomic E-state index is 4.58. The Hall–Kier alpha value is -0.480. The molecular weight excluding hydrogens is 296 g/mol. The molecule has 2 rings (SSSR count). The number of benzene rings is 1. The van der Waals surface area contributed by atoms with Crippen LogP contribution in [-0.2, 0) is 6.42 Å². The molecule has 1 aliphatic rings. The fourth-order valence-electron chi connectivity index (χ4n) is 1.73. The molecule has 0 saturated carbocycles. The first-order valence-corrected chi connectivity index (χ1v) is 7.82. The Balaban J connectivity index is 1.80. The zero-order valence-electron chi connectivity index (χ0n) is 9.97. The van der Waals surface area contributed by atoms with Crippen molar-refractivity contribution in [1.82, 2.24) is 4.90 Å². The monoisotopic (exact) mass is 312 g/mol. The summed E-state index contributed by atoms with van der Waals surface area (Å²) in [6, 6.07) is 10.6. The molecule has 0 amide bonds. The maximum absolute atomic E-state index is 4.58. The molecule has 1 heterocycles. The summed E-state index contributed by atoms with van der Waals surface area (Å²) in [5.41, 5.74) is 1.39. The number of hydrogen-bond acceptors (Lipinski definition) is 3. The lowest BCUT2D eigenvalue weighted by molar-refractivity contribution is 0.517. The van der Waals surface area contributed by atoms with E-state index in [-0.39, 0.29) is 0 Å². The van der Waals surface area contributed by atoms with Crippen molar-refractivity contribution in [2.24, 2.45) is 4.99 Å². The van der Waals surface area contributed by atoms with Gasteiger partial charge < -0.3 is 4.90 Å². The lowest BCUT2D eigenvalue weighted by Crippen LogP contribution is -2.26. The van der Waals surface area contributed by atoms with E-state index in [4.69, 9.17) is 0 Å². The first-order valence-electron chi connectivity index (χ1n) is 5.81. The molecule has 0 radical (unpaired) electrons. The topological polar surface area (TPSA) is 15.6 Å². The lowest BCUT2D eigenvalue weighted by atomic mass is 10.1. The van der Waals surface area contributed by atoms with Gasteiger partial charge in [0.25, 0.3) is 0 Å². The summed E-state index contributed by atoms with van der Waals surface area (Å²) in [6.07, 6.45) is 1.08. The van der Waals surface area contributed by atoms with Crippen LogP contribution in [0.3, 0.4) is 0 Å². The second kappa shape index (κ2) is 6.45. The molecule has 1 unspecified atom stereocenters. The normalized spacial score (nSPS) is 19.2. The summed E-state index contributed by atoms with van der Waals surface area (Å²) in [5.74, 6) is 0. The van der Waals surface area contributed by atoms with Crippen molar-refractivity contribution in [3.05, 3.63) is 35.9 Å². The van der Waals surface area contributed by atoms with Gasteiger partial charge >= 0.3 is 0 Å². The molecule has 1 atom stereocenters. The summed E-state index contributed by atoms with van der Waals surface area (Å²) in [6.45, 7) is 1.98. The fourth-order valence-corrected chi connectivity index (χ4v) is 3.26. The van der Waals surface area contributed by atoms with E-state index < -0.39 is 0 Å². The average Bonchev–Trinajstić information content (AvgIpc) is 2.86. The SMILES string of the molecule is CN(CCc1ccccc1)C1=NCC(CBr)S1. The minimum absolute atomic E-state index is 0.615. The third kappa shape index (κ3) is 3.75. The van der Waals surface area contributed by atoms with Gasteiger partial charge in [-0.25, -0.2) is 0 Å². The zero-order valence-corrected chi connectivity index (χ0v) is 12.4. The number of rotatable bonds is 4. The van der Waals surface area contributed by atoms with Crippen LogP contribution in [0.15, 0.2) is 35.3 Å². The van der Waals surface area contributed by atoms with Gasteiger partial charge in [-0.2, -0.15) is 0 Å². The smallest absolute Gasteiger partial charge is 0.159 e. The summed E-state index contributed by atoms with van der Waals surface area (Å²) in [5, 5.41) is 2.83. The van der Waals surface area contributed by atoms with Crippen molar-refractivity contribution in [3.8, 4) is 0 Å². The average molecular weight is 313 g/mol. The first-order chi connectivity index (χ1) is 8.29. The van der Waals surface area contributed by atoms with E-state index in [1.165, 1.54) is 10.7 Å². The number of aliphatic imine (C=N–C) groups is 1. The fraction of sp³-hybridized carbons (Fsp3) is 0.462. The number of hydrogen-bond donors (Lipinski definition) is 0. The third-order valence-electron chi connectivity index (χ3n) is 2.78. The van der Waals surface area contributed by atoms with Gasteiger partial charge in [-0.15, -0.1) is 0 Å². The van der Waals surface area contributed by atoms with Crippen LogP contribution in [-0.4, -0.2) is 40.8 Å². The number of halogens is 1. The Kier molecular flexibility index (Phi) is 4.92.